The van der Waals surface area contributed by atoms with Gasteiger partial charge in [-0.2, -0.15) is 0 Å². The number of nitrogens with one attached hydrogen (secondary N) is 2. The molecular formula is C21H19N5O6. The van der Waals surface area contributed by atoms with Gasteiger partial charge in [0.05, 0.1) is 14.2 Å². The van der Waals surface area contributed by atoms with E-state index in [2.05, 4.69) is 19.9 Å². The SMILES string of the molecule is COc1c2nc(N(Oc3ccccc3)C(C)=O)[nH]c(=O)c2c(OC)c2nc(C)[nH]c(=O)c12. The van der Waals surface area contributed by atoms with Crippen molar-refractivity contribution in [2.24, 2.45) is 0 Å². The van der Waals surface area contributed by atoms with Crippen LogP contribution < -0.4 is 30.5 Å². The van der Waals surface area contributed by atoms with Gasteiger partial charge in [0.2, 0.25) is 5.95 Å². The third-order valence-electron chi connectivity index (χ3n) is 4.66. The van der Waals surface area contributed by atoms with Gasteiger partial charge >= 0.3 is 0 Å². The zero-order chi connectivity index (χ0) is 23.0. The second-order valence-corrected chi connectivity index (χ2v) is 6.77. The number of fused-ring (bicyclic) bond motifs is 2. The van der Waals surface area contributed by atoms with E-state index >= 15 is 0 Å². The summed E-state index contributed by atoms with van der Waals surface area (Å²) < 4.78 is 10.9. The van der Waals surface area contributed by atoms with E-state index in [1.165, 1.54) is 21.1 Å². The molecule has 0 spiro atoms. The largest absolute Gasteiger partial charge is 0.494 e. The number of aromatic amines is 2. The fourth-order valence-electron chi connectivity index (χ4n) is 3.37. The first-order valence-electron chi connectivity index (χ1n) is 9.48. The van der Waals surface area contributed by atoms with Gasteiger partial charge in [0.15, 0.2) is 17.2 Å². The summed E-state index contributed by atoms with van der Waals surface area (Å²) in [6.07, 6.45) is 0. The smallest absolute Gasteiger partial charge is 0.264 e. The van der Waals surface area contributed by atoms with Crippen LogP contribution in [0, 0.1) is 6.92 Å². The third kappa shape index (κ3) is 3.39. The summed E-state index contributed by atoms with van der Waals surface area (Å²) in [5, 5.41) is 0.912. The maximum Gasteiger partial charge on any atom is 0.264 e. The minimum atomic E-state index is -0.635. The number of hydrogen-bond donors (Lipinski definition) is 2. The molecule has 164 valence electrons. The van der Waals surface area contributed by atoms with E-state index in [9.17, 15) is 14.4 Å². The van der Waals surface area contributed by atoms with Gasteiger partial charge in [-0.25, -0.2) is 9.97 Å². The topological polar surface area (TPSA) is 140 Å². The predicted octanol–water partition coefficient (Wildman–Crippen LogP) is 1.83. The van der Waals surface area contributed by atoms with Gasteiger partial charge in [0, 0.05) is 6.92 Å². The minimum absolute atomic E-state index is 0.00895. The molecule has 0 bridgehead atoms. The molecule has 0 fully saturated rings. The van der Waals surface area contributed by atoms with Gasteiger partial charge < -0.3 is 19.3 Å². The number of hydroxylamine groups is 1. The number of H-pyrrole nitrogens is 2. The van der Waals surface area contributed by atoms with Crippen molar-refractivity contribution in [2.75, 3.05) is 19.3 Å². The summed E-state index contributed by atoms with van der Waals surface area (Å²) in [7, 11) is 2.69. The predicted molar refractivity (Wildman–Crippen MR) is 116 cm³/mol. The molecule has 0 atom stereocenters. The van der Waals surface area contributed by atoms with Crippen LogP contribution >= 0.6 is 0 Å². The Balaban J connectivity index is 2.06. The number of aromatic nitrogens is 4. The normalized spacial score (nSPS) is 10.9. The van der Waals surface area contributed by atoms with E-state index in [0.717, 1.165) is 5.06 Å². The Morgan fingerprint density at radius 1 is 0.906 bits per heavy atom. The third-order valence-corrected chi connectivity index (χ3v) is 4.66. The fraction of sp³-hybridized carbons (Fsp3) is 0.190. The van der Waals surface area contributed by atoms with E-state index in [0.29, 0.717) is 11.6 Å². The highest BCUT2D eigenvalue weighted by molar-refractivity contribution is 6.08. The molecule has 11 heteroatoms. The quantitative estimate of drug-likeness (QED) is 0.356. The standard InChI is InChI=1S/C21H19N5O6/c1-10-22-15-13(19(28)23-10)18(31-4)16-14(17(15)30-3)20(29)25-21(24-16)26(11(2)27)32-12-8-6-5-7-9-12/h5-9H,1-4H3,(H,22,23,28)(H,24,25,29). The second kappa shape index (κ2) is 8.02. The number of para-hydroxylation sites is 1. The number of methoxy groups -OCH3 is 2. The van der Waals surface area contributed by atoms with Crippen molar-refractivity contribution in [3.63, 3.8) is 0 Å². The molecule has 0 aliphatic rings. The molecule has 2 heterocycles. The molecule has 11 nitrogen and oxygen atoms in total. The van der Waals surface area contributed by atoms with Crippen molar-refractivity contribution in [1.29, 1.82) is 0 Å². The maximum absolute atomic E-state index is 13.1. The van der Waals surface area contributed by atoms with Gasteiger partial charge in [0.1, 0.15) is 27.6 Å². The zero-order valence-electron chi connectivity index (χ0n) is 17.7. The summed E-state index contributed by atoms with van der Waals surface area (Å²) in [5.41, 5.74) is -0.960. The van der Waals surface area contributed by atoms with Crippen LogP contribution in [-0.2, 0) is 4.79 Å². The van der Waals surface area contributed by atoms with Crippen molar-refractivity contribution in [1.82, 2.24) is 19.9 Å². The Morgan fingerprint density at radius 2 is 1.47 bits per heavy atom. The van der Waals surface area contributed by atoms with Crippen LogP contribution in [0.5, 0.6) is 17.2 Å². The molecule has 0 saturated carbocycles. The van der Waals surface area contributed by atoms with Gasteiger partial charge in [-0.3, -0.25) is 19.4 Å². The first-order chi connectivity index (χ1) is 15.3. The van der Waals surface area contributed by atoms with Crippen LogP contribution in [0.1, 0.15) is 12.7 Å². The molecule has 2 aromatic carbocycles. The number of carbonyl (C=O) groups is 1. The van der Waals surface area contributed by atoms with Crippen molar-refractivity contribution in [3.05, 3.63) is 56.9 Å². The van der Waals surface area contributed by atoms with Crippen LogP contribution in [-0.4, -0.2) is 40.1 Å². The Morgan fingerprint density at radius 3 is 2.03 bits per heavy atom. The number of amides is 1. The molecule has 0 saturated heterocycles. The van der Waals surface area contributed by atoms with Crippen molar-refractivity contribution in [2.45, 2.75) is 13.8 Å². The lowest BCUT2D eigenvalue weighted by molar-refractivity contribution is -0.120. The van der Waals surface area contributed by atoms with E-state index < -0.39 is 17.0 Å². The number of benzene rings is 2. The van der Waals surface area contributed by atoms with Crippen molar-refractivity contribution in [3.8, 4) is 17.2 Å². The van der Waals surface area contributed by atoms with Crippen LogP contribution in [0.4, 0.5) is 5.95 Å². The number of aryl methyl sites for hydroxylation is 1. The lowest BCUT2D eigenvalue weighted by Crippen LogP contribution is -2.35. The Bertz CT molecular complexity index is 1460. The Kier molecular flexibility index (Phi) is 5.23. The van der Waals surface area contributed by atoms with E-state index in [1.807, 2.05) is 0 Å². The lowest BCUT2D eigenvalue weighted by atomic mass is 10.1. The summed E-state index contributed by atoms with van der Waals surface area (Å²) in [5.74, 6) is 0.0175. The van der Waals surface area contributed by atoms with Crippen molar-refractivity contribution < 1.29 is 19.1 Å². The molecule has 4 aromatic rings. The average molecular weight is 437 g/mol. The van der Waals surface area contributed by atoms with Crippen LogP contribution in [0.2, 0.25) is 0 Å². The van der Waals surface area contributed by atoms with Crippen LogP contribution in [0.3, 0.4) is 0 Å². The first-order valence-corrected chi connectivity index (χ1v) is 9.48. The first kappa shape index (κ1) is 20.8. The number of hydrogen-bond acceptors (Lipinski definition) is 8. The monoisotopic (exact) mass is 437 g/mol. The molecule has 0 unspecified atom stereocenters. The number of ether oxygens (including phenoxy) is 2. The molecule has 0 aliphatic carbocycles. The van der Waals surface area contributed by atoms with E-state index in [1.54, 1.807) is 37.3 Å². The summed E-state index contributed by atoms with van der Waals surface area (Å²) in [6.45, 7) is 2.86. The number of carbonyl (C=O) groups excluding carboxylic acids is 1. The minimum Gasteiger partial charge on any atom is -0.494 e. The highest BCUT2D eigenvalue weighted by Gasteiger charge is 2.26. The van der Waals surface area contributed by atoms with Crippen LogP contribution in [0.15, 0.2) is 39.9 Å². The Hall–Kier alpha value is -4.41. The number of rotatable bonds is 5. The number of anilines is 1. The molecule has 2 aromatic heterocycles. The molecular weight excluding hydrogens is 418 g/mol. The molecule has 4 rings (SSSR count). The number of nitrogens with zero attached hydrogens (tertiary/aromatic N) is 3. The van der Waals surface area contributed by atoms with Gasteiger partial charge in [-0.15, -0.1) is 5.06 Å². The fourth-order valence-corrected chi connectivity index (χ4v) is 3.37. The lowest BCUT2D eigenvalue weighted by Gasteiger charge is -2.20. The average Bonchev–Trinajstić information content (AvgIpc) is 2.76. The second-order valence-electron chi connectivity index (χ2n) is 6.77. The van der Waals surface area contributed by atoms with Crippen LogP contribution in [0.25, 0.3) is 21.8 Å². The zero-order valence-corrected chi connectivity index (χ0v) is 17.7. The van der Waals surface area contributed by atoms with E-state index in [-0.39, 0.29) is 39.3 Å². The highest BCUT2D eigenvalue weighted by Crippen LogP contribution is 2.38. The van der Waals surface area contributed by atoms with Crippen molar-refractivity contribution >= 4 is 33.7 Å². The van der Waals surface area contributed by atoms with E-state index in [4.69, 9.17) is 14.3 Å². The molecule has 1 amide bonds. The summed E-state index contributed by atoms with van der Waals surface area (Å²) >= 11 is 0. The highest BCUT2D eigenvalue weighted by atomic mass is 16.7. The summed E-state index contributed by atoms with van der Waals surface area (Å²) in [4.78, 5) is 57.6. The maximum atomic E-state index is 13.1. The molecule has 0 aliphatic heterocycles. The van der Waals surface area contributed by atoms with Gasteiger partial charge in [0.25, 0.3) is 17.0 Å². The molecule has 2 N–H and O–H groups in total. The van der Waals surface area contributed by atoms with Gasteiger partial charge in [-0.1, -0.05) is 18.2 Å². The molecule has 32 heavy (non-hydrogen) atoms. The van der Waals surface area contributed by atoms with Gasteiger partial charge in [-0.05, 0) is 19.1 Å². The molecule has 0 radical (unpaired) electrons. The summed E-state index contributed by atoms with van der Waals surface area (Å²) in [6, 6.07) is 8.52. The Labute approximate surface area is 180 Å².